The third-order valence-corrected chi connectivity index (χ3v) is 6.87. The molecule has 2 rings (SSSR count). The number of rotatable bonds is 6. The Morgan fingerprint density at radius 2 is 1.89 bits per heavy atom. The molecule has 0 saturated carbocycles. The standard InChI is InChI=1S/C16H22BrClN4O4S/c1-2-5-19-16(24)20-15(23)11-21-6-8-22(9-7-21)27(25,26)14-4-3-12(17)10-13(14)18/h3-4,10H,2,5-9,11H2,1H3,(H2,19,20,23,24). The van der Waals surface area contributed by atoms with Crippen LogP contribution in [0.3, 0.4) is 0 Å². The molecule has 8 nitrogen and oxygen atoms in total. The predicted molar refractivity (Wildman–Crippen MR) is 106 cm³/mol. The maximum Gasteiger partial charge on any atom is 0.321 e. The molecule has 0 unspecified atom stereocenters. The van der Waals surface area contributed by atoms with Crippen molar-refractivity contribution in [2.75, 3.05) is 39.3 Å². The van der Waals surface area contributed by atoms with Crippen LogP contribution in [0.1, 0.15) is 13.3 Å². The lowest BCUT2D eigenvalue weighted by molar-refractivity contribution is -0.121. The maximum atomic E-state index is 12.8. The van der Waals surface area contributed by atoms with Crippen molar-refractivity contribution in [1.29, 1.82) is 0 Å². The Kier molecular flexibility index (Phi) is 8.04. The van der Waals surface area contributed by atoms with Crippen LogP contribution < -0.4 is 10.6 Å². The number of carbonyl (C=O) groups is 2. The zero-order chi connectivity index (χ0) is 20.0. The van der Waals surface area contributed by atoms with E-state index in [2.05, 4.69) is 26.6 Å². The molecular weight excluding hydrogens is 460 g/mol. The Morgan fingerprint density at radius 1 is 1.22 bits per heavy atom. The van der Waals surface area contributed by atoms with Crippen LogP contribution in [0.4, 0.5) is 4.79 Å². The van der Waals surface area contributed by atoms with Crippen LogP contribution in [0.5, 0.6) is 0 Å². The Balaban J connectivity index is 1.89. The summed E-state index contributed by atoms with van der Waals surface area (Å²) in [5, 5.41) is 4.98. The minimum Gasteiger partial charge on any atom is -0.338 e. The van der Waals surface area contributed by atoms with Crippen molar-refractivity contribution in [2.24, 2.45) is 0 Å². The van der Waals surface area contributed by atoms with Gasteiger partial charge >= 0.3 is 6.03 Å². The van der Waals surface area contributed by atoms with E-state index < -0.39 is 22.0 Å². The highest BCUT2D eigenvalue weighted by Gasteiger charge is 2.30. The van der Waals surface area contributed by atoms with E-state index in [-0.39, 0.29) is 29.6 Å². The fourth-order valence-electron chi connectivity index (χ4n) is 2.60. The molecule has 11 heteroatoms. The second kappa shape index (κ2) is 9.83. The van der Waals surface area contributed by atoms with Crippen molar-refractivity contribution in [1.82, 2.24) is 19.8 Å². The highest BCUT2D eigenvalue weighted by molar-refractivity contribution is 9.10. The zero-order valence-corrected chi connectivity index (χ0v) is 18.0. The first-order chi connectivity index (χ1) is 12.7. The average Bonchev–Trinajstić information content (AvgIpc) is 2.60. The average molecular weight is 482 g/mol. The van der Waals surface area contributed by atoms with Gasteiger partial charge in [-0.3, -0.25) is 15.0 Å². The largest absolute Gasteiger partial charge is 0.338 e. The van der Waals surface area contributed by atoms with E-state index in [0.29, 0.717) is 24.1 Å². The van der Waals surface area contributed by atoms with Gasteiger partial charge in [-0.25, -0.2) is 13.2 Å². The molecule has 1 aromatic carbocycles. The SMILES string of the molecule is CCCNC(=O)NC(=O)CN1CCN(S(=O)(=O)c2ccc(Br)cc2Cl)CC1. The van der Waals surface area contributed by atoms with Crippen LogP contribution in [0.2, 0.25) is 5.02 Å². The fourth-order valence-corrected chi connectivity index (χ4v) is 5.04. The molecule has 1 aromatic rings. The Labute approximate surface area is 172 Å². The van der Waals surface area contributed by atoms with Crippen molar-refractivity contribution in [2.45, 2.75) is 18.2 Å². The second-order valence-corrected chi connectivity index (χ2v) is 9.29. The molecule has 1 aliphatic heterocycles. The first kappa shape index (κ1) is 22.1. The smallest absolute Gasteiger partial charge is 0.321 e. The highest BCUT2D eigenvalue weighted by Crippen LogP contribution is 2.28. The minimum absolute atomic E-state index is 0.0342. The lowest BCUT2D eigenvalue weighted by Crippen LogP contribution is -2.52. The van der Waals surface area contributed by atoms with Crippen molar-refractivity contribution in [3.05, 3.63) is 27.7 Å². The van der Waals surface area contributed by atoms with Crippen LogP contribution in [0.15, 0.2) is 27.6 Å². The third-order valence-electron chi connectivity index (χ3n) is 4.00. The first-order valence-electron chi connectivity index (χ1n) is 8.49. The quantitative estimate of drug-likeness (QED) is 0.644. The minimum atomic E-state index is -3.70. The van der Waals surface area contributed by atoms with Gasteiger partial charge in [0.15, 0.2) is 0 Å². The lowest BCUT2D eigenvalue weighted by Gasteiger charge is -2.33. The van der Waals surface area contributed by atoms with Gasteiger partial charge in [-0.05, 0) is 24.6 Å². The topological polar surface area (TPSA) is 98.8 Å². The second-order valence-electron chi connectivity index (χ2n) is 6.06. The van der Waals surface area contributed by atoms with Crippen molar-refractivity contribution >= 4 is 49.5 Å². The summed E-state index contributed by atoms with van der Waals surface area (Å²) in [6.07, 6.45) is 0.778. The predicted octanol–water partition coefficient (Wildman–Crippen LogP) is 1.64. The van der Waals surface area contributed by atoms with Crippen LogP contribution in [0.25, 0.3) is 0 Å². The van der Waals surface area contributed by atoms with Gasteiger partial charge < -0.3 is 5.32 Å². The molecule has 1 fully saturated rings. The van der Waals surface area contributed by atoms with Gasteiger partial charge in [-0.2, -0.15) is 4.31 Å². The highest BCUT2D eigenvalue weighted by atomic mass is 79.9. The summed E-state index contributed by atoms with van der Waals surface area (Å²) in [6.45, 7) is 3.70. The van der Waals surface area contributed by atoms with Crippen LogP contribution in [0, 0.1) is 0 Å². The van der Waals surface area contributed by atoms with Gasteiger partial charge in [0.05, 0.1) is 11.6 Å². The number of urea groups is 1. The van der Waals surface area contributed by atoms with E-state index >= 15 is 0 Å². The summed E-state index contributed by atoms with van der Waals surface area (Å²) in [7, 11) is -3.70. The molecular formula is C16H22BrClN4O4S. The molecule has 0 radical (unpaired) electrons. The van der Waals surface area contributed by atoms with Gasteiger partial charge in [0, 0.05) is 37.2 Å². The lowest BCUT2D eigenvalue weighted by atomic mass is 10.3. The van der Waals surface area contributed by atoms with E-state index in [9.17, 15) is 18.0 Å². The van der Waals surface area contributed by atoms with Gasteiger partial charge in [-0.15, -0.1) is 0 Å². The van der Waals surface area contributed by atoms with Gasteiger partial charge in [0.2, 0.25) is 15.9 Å². The van der Waals surface area contributed by atoms with Gasteiger partial charge in [-0.1, -0.05) is 34.5 Å². The van der Waals surface area contributed by atoms with Gasteiger partial charge in [0.25, 0.3) is 0 Å². The molecule has 2 N–H and O–H groups in total. The van der Waals surface area contributed by atoms with E-state index in [1.165, 1.54) is 10.4 Å². The number of halogens is 2. The summed E-state index contributed by atoms with van der Waals surface area (Å²) in [5.74, 6) is -0.420. The molecule has 1 saturated heterocycles. The van der Waals surface area contributed by atoms with Gasteiger partial charge in [0.1, 0.15) is 4.90 Å². The number of carbonyl (C=O) groups excluding carboxylic acids is 2. The number of sulfonamides is 1. The van der Waals surface area contributed by atoms with E-state index in [1.807, 2.05) is 6.92 Å². The molecule has 0 aliphatic carbocycles. The molecule has 1 heterocycles. The monoisotopic (exact) mass is 480 g/mol. The number of piperazine rings is 1. The maximum absolute atomic E-state index is 12.8. The number of nitrogens with zero attached hydrogens (tertiary/aromatic N) is 2. The van der Waals surface area contributed by atoms with E-state index in [0.717, 1.165) is 6.42 Å². The normalized spacial score (nSPS) is 16.1. The number of nitrogens with one attached hydrogen (secondary N) is 2. The molecule has 0 bridgehead atoms. The third kappa shape index (κ3) is 6.15. The number of imide groups is 1. The number of hydrogen-bond acceptors (Lipinski definition) is 5. The van der Waals surface area contributed by atoms with Crippen LogP contribution >= 0.6 is 27.5 Å². The molecule has 0 spiro atoms. The van der Waals surface area contributed by atoms with E-state index in [1.54, 1.807) is 17.0 Å². The first-order valence-corrected chi connectivity index (χ1v) is 11.1. The summed E-state index contributed by atoms with van der Waals surface area (Å²) < 4.78 is 27.6. The Hall–Kier alpha value is -1.20. The number of hydrogen-bond donors (Lipinski definition) is 2. The number of benzene rings is 1. The summed E-state index contributed by atoms with van der Waals surface area (Å²) >= 11 is 9.33. The van der Waals surface area contributed by atoms with Crippen molar-refractivity contribution < 1.29 is 18.0 Å². The van der Waals surface area contributed by atoms with Crippen LogP contribution in [-0.2, 0) is 14.8 Å². The van der Waals surface area contributed by atoms with Crippen molar-refractivity contribution in [3.8, 4) is 0 Å². The zero-order valence-electron chi connectivity index (χ0n) is 14.9. The molecule has 3 amide bonds. The summed E-state index contributed by atoms with van der Waals surface area (Å²) in [4.78, 5) is 25.2. The van der Waals surface area contributed by atoms with E-state index in [4.69, 9.17) is 11.6 Å². The Morgan fingerprint density at radius 3 is 2.48 bits per heavy atom. The van der Waals surface area contributed by atoms with Crippen molar-refractivity contribution in [3.63, 3.8) is 0 Å². The Bertz CT molecular complexity index is 798. The number of amides is 3. The molecule has 0 atom stereocenters. The fraction of sp³-hybridized carbons (Fsp3) is 0.500. The van der Waals surface area contributed by atoms with Crippen LogP contribution in [-0.4, -0.2) is 68.8 Å². The molecule has 0 aromatic heterocycles. The molecule has 27 heavy (non-hydrogen) atoms. The molecule has 1 aliphatic rings. The summed E-state index contributed by atoms with van der Waals surface area (Å²) in [5.41, 5.74) is 0. The molecule has 150 valence electrons. The summed E-state index contributed by atoms with van der Waals surface area (Å²) in [6, 6.07) is 4.12.